The van der Waals surface area contributed by atoms with Crippen molar-refractivity contribution in [3.05, 3.63) is 73.6 Å². The Labute approximate surface area is 179 Å². The first kappa shape index (κ1) is 22.0. The third-order valence-corrected chi connectivity index (χ3v) is 5.47. The van der Waals surface area contributed by atoms with Gasteiger partial charge in [-0.1, -0.05) is 17.7 Å². The predicted molar refractivity (Wildman–Crippen MR) is 111 cm³/mol. The molecule has 0 N–H and O–H groups in total. The van der Waals surface area contributed by atoms with Gasteiger partial charge in [0.1, 0.15) is 0 Å². The summed E-state index contributed by atoms with van der Waals surface area (Å²) < 4.78 is 39.8. The largest absolute Gasteiger partial charge is 0.417 e. The molecule has 0 radical (unpaired) electrons. The summed E-state index contributed by atoms with van der Waals surface area (Å²) in [6.45, 7) is 4.91. The number of carbonyl (C=O) groups is 1. The van der Waals surface area contributed by atoms with Crippen LogP contribution >= 0.6 is 22.9 Å². The number of hydrogen-bond donors (Lipinski definition) is 0. The Kier molecular flexibility index (Phi) is 6.05. The second-order valence-electron chi connectivity index (χ2n) is 6.77. The van der Waals surface area contributed by atoms with E-state index in [4.69, 9.17) is 11.6 Å². The van der Waals surface area contributed by atoms with Crippen molar-refractivity contribution in [3.63, 3.8) is 0 Å². The lowest BCUT2D eigenvalue weighted by molar-refractivity contribution is -0.138. The van der Waals surface area contributed by atoms with E-state index in [2.05, 4.69) is 4.98 Å². The summed E-state index contributed by atoms with van der Waals surface area (Å²) in [5.41, 5.74) is 1.05. The van der Waals surface area contributed by atoms with Gasteiger partial charge in [-0.05, 0) is 37.1 Å². The summed E-state index contributed by atoms with van der Waals surface area (Å²) in [6.07, 6.45) is -3.81. The number of nitrogens with zero attached hydrogens (tertiary/aromatic N) is 3. The minimum atomic E-state index is -4.56. The molecule has 1 amide bonds. The van der Waals surface area contributed by atoms with Crippen LogP contribution < -0.4 is 10.5 Å². The molecule has 30 heavy (non-hydrogen) atoms. The molecule has 0 unspecified atom stereocenters. The molecule has 0 aliphatic heterocycles. The number of halogens is 4. The molecule has 0 aliphatic carbocycles. The maximum absolute atomic E-state index is 12.9. The first-order valence-electron chi connectivity index (χ1n) is 8.77. The van der Waals surface area contributed by atoms with E-state index in [1.807, 2.05) is 19.9 Å². The summed E-state index contributed by atoms with van der Waals surface area (Å²) in [4.78, 5) is 30.1. The van der Waals surface area contributed by atoms with Crippen LogP contribution in [0.15, 0.2) is 40.6 Å². The zero-order valence-corrected chi connectivity index (χ0v) is 17.8. The van der Waals surface area contributed by atoms with Gasteiger partial charge in [-0.3, -0.25) is 14.5 Å². The van der Waals surface area contributed by atoms with E-state index in [1.165, 1.54) is 11.8 Å². The van der Waals surface area contributed by atoms with Gasteiger partial charge >= 0.3 is 6.18 Å². The average molecular weight is 456 g/mol. The molecule has 3 rings (SSSR count). The van der Waals surface area contributed by atoms with Gasteiger partial charge in [0.25, 0.3) is 5.56 Å². The Morgan fingerprint density at radius 1 is 1.27 bits per heavy atom. The van der Waals surface area contributed by atoms with Crippen LogP contribution in [0, 0.1) is 13.8 Å². The number of pyridine rings is 1. The van der Waals surface area contributed by atoms with Crippen LogP contribution in [0.2, 0.25) is 5.02 Å². The number of benzene rings is 1. The van der Waals surface area contributed by atoms with E-state index in [9.17, 15) is 22.8 Å². The number of aromatic nitrogens is 2. The predicted octanol–water partition coefficient (Wildman–Crippen LogP) is 5.33. The topological polar surface area (TPSA) is 55.2 Å². The molecule has 0 fully saturated rings. The van der Waals surface area contributed by atoms with Crippen molar-refractivity contribution in [2.75, 3.05) is 4.90 Å². The van der Waals surface area contributed by atoms with E-state index in [0.29, 0.717) is 21.5 Å². The number of carbonyl (C=O) groups excluding carboxylic acids is 1. The second-order valence-corrected chi connectivity index (χ2v) is 8.01. The van der Waals surface area contributed by atoms with Crippen LogP contribution in [-0.2, 0) is 17.5 Å². The lowest BCUT2D eigenvalue weighted by Crippen LogP contribution is -2.24. The molecule has 1 aromatic carbocycles. The van der Waals surface area contributed by atoms with Crippen LogP contribution in [0.3, 0.4) is 0 Å². The molecule has 3 aromatic rings. The standard InChI is InChI=1S/C20H17ClF3N3O2S/c1-11-6-12(2)18(16(21)7-11)27(13(3)28)19-25-15(10-30-19)9-26-8-14(20(22,23)24)4-5-17(26)29/h4-8,10H,9H2,1-3H3. The Bertz CT molecular complexity index is 1150. The maximum atomic E-state index is 12.9. The summed E-state index contributed by atoms with van der Waals surface area (Å²) >= 11 is 7.51. The number of amides is 1. The third-order valence-electron chi connectivity index (χ3n) is 4.31. The molecule has 0 aliphatic rings. The highest BCUT2D eigenvalue weighted by Gasteiger charge is 2.31. The van der Waals surface area contributed by atoms with E-state index in [0.717, 1.165) is 45.4 Å². The van der Waals surface area contributed by atoms with Gasteiger partial charge in [0.15, 0.2) is 5.13 Å². The number of rotatable bonds is 4. The van der Waals surface area contributed by atoms with Crippen LogP contribution in [0.1, 0.15) is 29.3 Å². The van der Waals surface area contributed by atoms with Crippen molar-refractivity contribution in [2.24, 2.45) is 0 Å². The molecule has 0 saturated carbocycles. The van der Waals surface area contributed by atoms with Crippen LogP contribution in [0.4, 0.5) is 24.0 Å². The van der Waals surface area contributed by atoms with Crippen molar-refractivity contribution in [2.45, 2.75) is 33.5 Å². The van der Waals surface area contributed by atoms with Gasteiger partial charge < -0.3 is 4.57 Å². The Morgan fingerprint density at radius 2 is 1.97 bits per heavy atom. The van der Waals surface area contributed by atoms with Crippen molar-refractivity contribution in [1.29, 1.82) is 0 Å². The molecule has 2 heterocycles. The van der Waals surface area contributed by atoms with Gasteiger partial charge in [0.05, 0.1) is 28.5 Å². The van der Waals surface area contributed by atoms with Crippen LogP contribution in [-0.4, -0.2) is 15.5 Å². The first-order valence-corrected chi connectivity index (χ1v) is 10.0. The molecule has 0 bridgehead atoms. The van der Waals surface area contributed by atoms with E-state index < -0.39 is 17.3 Å². The normalized spacial score (nSPS) is 11.6. The van der Waals surface area contributed by atoms with Crippen LogP contribution in [0.25, 0.3) is 0 Å². The van der Waals surface area contributed by atoms with Gasteiger partial charge in [-0.2, -0.15) is 13.2 Å². The third kappa shape index (κ3) is 4.57. The van der Waals surface area contributed by atoms with E-state index in [-0.39, 0.29) is 12.5 Å². The number of aryl methyl sites for hydroxylation is 2. The summed E-state index contributed by atoms with van der Waals surface area (Å²) in [5.74, 6) is -0.319. The maximum Gasteiger partial charge on any atom is 0.417 e. The highest BCUT2D eigenvalue weighted by molar-refractivity contribution is 7.14. The molecule has 0 saturated heterocycles. The number of hydrogen-bond acceptors (Lipinski definition) is 4. The fourth-order valence-electron chi connectivity index (χ4n) is 3.05. The van der Waals surface area contributed by atoms with Crippen molar-refractivity contribution >= 4 is 39.7 Å². The zero-order chi connectivity index (χ0) is 22.2. The molecule has 2 aromatic heterocycles. The zero-order valence-electron chi connectivity index (χ0n) is 16.2. The van der Waals surface area contributed by atoms with Gasteiger partial charge in [0, 0.05) is 24.6 Å². The van der Waals surface area contributed by atoms with E-state index >= 15 is 0 Å². The molecule has 0 atom stereocenters. The quantitative estimate of drug-likeness (QED) is 0.534. The smallest absolute Gasteiger partial charge is 0.309 e. The first-order chi connectivity index (χ1) is 14.0. The van der Waals surface area contributed by atoms with Crippen molar-refractivity contribution in [3.8, 4) is 0 Å². The number of alkyl halides is 3. The fraction of sp³-hybridized carbons (Fsp3) is 0.250. The molecular formula is C20H17ClF3N3O2S. The second kappa shape index (κ2) is 8.23. The Balaban J connectivity index is 1.98. The minimum Gasteiger partial charge on any atom is -0.309 e. The number of anilines is 2. The monoisotopic (exact) mass is 455 g/mol. The van der Waals surface area contributed by atoms with Crippen LogP contribution in [0.5, 0.6) is 0 Å². The summed E-state index contributed by atoms with van der Waals surface area (Å²) in [7, 11) is 0. The molecule has 10 heteroatoms. The highest BCUT2D eigenvalue weighted by Crippen LogP contribution is 2.37. The van der Waals surface area contributed by atoms with Crippen molar-refractivity contribution < 1.29 is 18.0 Å². The van der Waals surface area contributed by atoms with E-state index in [1.54, 1.807) is 11.4 Å². The average Bonchev–Trinajstić information content (AvgIpc) is 3.06. The molecule has 0 spiro atoms. The molecule has 5 nitrogen and oxygen atoms in total. The highest BCUT2D eigenvalue weighted by atomic mass is 35.5. The molecular weight excluding hydrogens is 439 g/mol. The van der Waals surface area contributed by atoms with Gasteiger partial charge in [0.2, 0.25) is 5.91 Å². The van der Waals surface area contributed by atoms with Gasteiger partial charge in [-0.25, -0.2) is 4.98 Å². The minimum absolute atomic E-state index is 0.161. The lowest BCUT2D eigenvalue weighted by Gasteiger charge is -2.22. The molecule has 158 valence electrons. The number of thiazole rings is 1. The van der Waals surface area contributed by atoms with Crippen molar-refractivity contribution in [1.82, 2.24) is 9.55 Å². The Morgan fingerprint density at radius 3 is 2.57 bits per heavy atom. The summed E-state index contributed by atoms with van der Waals surface area (Å²) in [5, 5.41) is 2.29. The fourth-order valence-corrected chi connectivity index (χ4v) is 4.32. The SMILES string of the molecule is CC(=O)N(c1nc(Cn2cc(C(F)(F)F)ccc2=O)cs1)c1c(C)cc(C)cc1Cl. The van der Waals surface area contributed by atoms with Gasteiger partial charge in [-0.15, -0.1) is 11.3 Å². The lowest BCUT2D eigenvalue weighted by atomic mass is 10.1. The summed E-state index contributed by atoms with van der Waals surface area (Å²) in [6, 6.07) is 5.22. The Hall–Kier alpha value is -2.65.